The van der Waals surface area contributed by atoms with Crippen molar-refractivity contribution in [3.63, 3.8) is 0 Å². The van der Waals surface area contributed by atoms with Crippen LogP contribution in [0.2, 0.25) is 0 Å². The van der Waals surface area contributed by atoms with E-state index in [0.29, 0.717) is 12.2 Å². The molecule has 1 N–H and O–H groups in total. The van der Waals surface area contributed by atoms with Gasteiger partial charge in [0.25, 0.3) is 0 Å². The maximum Gasteiger partial charge on any atom is 0.140 e. The summed E-state index contributed by atoms with van der Waals surface area (Å²) >= 11 is 0. The van der Waals surface area contributed by atoms with E-state index in [2.05, 4.69) is 48.1 Å². The van der Waals surface area contributed by atoms with Gasteiger partial charge in [0.15, 0.2) is 0 Å². The molecule has 2 aromatic heterocycles. The van der Waals surface area contributed by atoms with E-state index in [-0.39, 0.29) is 5.92 Å². The monoisotopic (exact) mass is 306 g/mol. The number of H-pyrrole nitrogens is 1. The predicted molar refractivity (Wildman–Crippen MR) is 94.3 cm³/mol. The van der Waals surface area contributed by atoms with Crippen molar-refractivity contribution in [3.05, 3.63) is 54.5 Å². The molecule has 0 saturated carbocycles. The molecule has 0 atom stereocenters. The van der Waals surface area contributed by atoms with Gasteiger partial charge in [-0.3, -0.25) is 9.78 Å². The molecule has 0 fully saturated rings. The summed E-state index contributed by atoms with van der Waals surface area (Å²) in [6.45, 7) is 4.15. The quantitative estimate of drug-likeness (QED) is 0.712. The Labute approximate surface area is 136 Å². The van der Waals surface area contributed by atoms with E-state index < -0.39 is 0 Å². The Morgan fingerprint density at radius 2 is 2.00 bits per heavy atom. The molecular formula is C20H22N2O. The van der Waals surface area contributed by atoms with Crippen LogP contribution in [-0.2, 0) is 11.2 Å². The molecule has 0 aliphatic carbocycles. The van der Waals surface area contributed by atoms with Gasteiger partial charge < -0.3 is 4.98 Å². The van der Waals surface area contributed by atoms with E-state index in [1.807, 2.05) is 18.5 Å². The van der Waals surface area contributed by atoms with Crippen LogP contribution in [0.25, 0.3) is 22.0 Å². The third-order valence-corrected chi connectivity index (χ3v) is 4.52. The van der Waals surface area contributed by atoms with Crippen molar-refractivity contribution in [1.29, 1.82) is 0 Å². The summed E-state index contributed by atoms with van der Waals surface area (Å²) in [4.78, 5) is 19.9. The molecule has 0 saturated heterocycles. The number of aromatic nitrogens is 2. The fraction of sp³-hybridized carbons (Fsp3) is 0.300. The summed E-state index contributed by atoms with van der Waals surface area (Å²) in [6, 6.07) is 10.4. The Hall–Kier alpha value is -2.42. The number of Topliss-reactive ketones (excluding diaryl/α,β-unsaturated/α-hetero) is 1. The molecule has 2 heterocycles. The minimum atomic E-state index is 0.159. The number of hydrogen-bond acceptors (Lipinski definition) is 2. The summed E-state index contributed by atoms with van der Waals surface area (Å²) < 4.78 is 0. The molecule has 0 spiro atoms. The van der Waals surface area contributed by atoms with Crippen molar-refractivity contribution >= 4 is 16.7 Å². The Morgan fingerprint density at radius 1 is 1.17 bits per heavy atom. The van der Waals surface area contributed by atoms with Gasteiger partial charge in [-0.05, 0) is 42.2 Å². The van der Waals surface area contributed by atoms with Gasteiger partial charge in [0, 0.05) is 47.4 Å². The summed E-state index contributed by atoms with van der Waals surface area (Å²) in [5.74, 6) is 0.473. The number of ketones is 1. The van der Waals surface area contributed by atoms with Gasteiger partial charge in [0.1, 0.15) is 5.78 Å². The number of carbonyl (C=O) groups excluding carboxylic acids is 1. The fourth-order valence-corrected chi connectivity index (χ4v) is 3.16. The van der Waals surface area contributed by atoms with Crippen molar-refractivity contribution < 1.29 is 4.79 Å². The zero-order chi connectivity index (χ0) is 16.2. The van der Waals surface area contributed by atoms with Crippen LogP contribution in [0, 0.1) is 5.92 Å². The van der Waals surface area contributed by atoms with Crippen LogP contribution in [0.1, 0.15) is 32.3 Å². The molecule has 0 aliphatic heterocycles. The summed E-state index contributed by atoms with van der Waals surface area (Å²) in [7, 11) is 0. The SMILES string of the molecule is CCC(CC)C(=O)Cc1cncc(-c2cccc3[nH]ccc23)c1. The largest absolute Gasteiger partial charge is 0.361 e. The van der Waals surface area contributed by atoms with Crippen molar-refractivity contribution in [2.75, 3.05) is 0 Å². The second kappa shape index (κ2) is 6.78. The molecule has 0 aliphatic rings. The average molecular weight is 306 g/mol. The topological polar surface area (TPSA) is 45.8 Å². The number of pyridine rings is 1. The van der Waals surface area contributed by atoms with E-state index in [0.717, 1.165) is 35.0 Å². The molecule has 0 radical (unpaired) electrons. The highest BCUT2D eigenvalue weighted by atomic mass is 16.1. The van der Waals surface area contributed by atoms with Gasteiger partial charge in [-0.25, -0.2) is 0 Å². The molecule has 3 nitrogen and oxygen atoms in total. The van der Waals surface area contributed by atoms with Crippen LogP contribution in [-0.4, -0.2) is 15.8 Å². The average Bonchev–Trinajstić information content (AvgIpc) is 3.04. The van der Waals surface area contributed by atoms with Crippen molar-refractivity contribution in [1.82, 2.24) is 9.97 Å². The Bertz CT molecular complexity index is 815. The van der Waals surface area contributed by atoms with Gasteiger partial charge in [-0.2, -0.15) is 0 Å². The van der Waals surface area contributed by atoms with Gasteiger partial charge >= 0.3 is 0 Å². The predicted octanol–water partition coefficient (Wildman–Crippen LogP) is 4.78. The first kappa shape index (κ1) is 15.5. The molecule has 118 valence electrons. The van der Waals surface area contributed by atoms with Crippen LogP contribution < -0.4 is 0 Å². The Kier molecular flexibility index (Phi) is 4.56. The molecule has 0 amide bonds. The third-order valence-electron chi connectivity index (χ3n) is 4.52. The highest BCUT2D eigenvalue weighted by Gasteiger charge is 2.15. The summed E-state index contributed by atoms with van der Waals surface area (Å²) in [5.41, 5.74) is 4.31. The van der Waals surface area contributed by atoms with E-state index in [4.69, 9.17) is 0 Å². The molecule has 0 bridgehead atoms. The van der Waals surface area contributed by atoms with Gasteiger partial charge in [-0.1, -0.05) is 26.0 Å². The molecular weight excluding hydrogens is 284 g/mol. The van der Waals surface area contributed by atoms with Crippen LogP contribution in [0.15, 0.2) is 48.9 Å². The summed E-state index contributed by atoms with van der Waals surface area (Å²) in [6.07, 6.45) is 7.91. The minimum absolute atomic E-state index is 0.159. The van der Waals surface area contributed by atoms with Gasteiger partial charge in [0.05, 0.1) is 0 Å². The first-order valence-corrected chi connectivity index (χ1v) is 8.26. The number of rotatable bonds is 6. The third kappa shape index (κ3) is 3.19. The number of hydrogen-bond donors (Lipinski definition) is 1. The van der Waals surface area contributed by atoms with Crippen LogP contribution in [0.3, 0.4) is 0 Å². The molecule has 3 aromatic rings. The molecule has 1 aromatic carbocycles. The number of aromatic amines is 1. The van der Waals surface area contributed by atoms with Crippen LogP contribution in [0.4, 0.5) is 0 Å². The number of benzene rings is 1. The van der Waals surface area contributed by atoms with E-state index in [9.17, 15) is 4.79 Å². The first-order valence-electron chi connectivity index (χ1n) is 8.26. The van der Waals surface area contributed by atoms with E-state index in [1.54, 1.807) is 6.20 Å². The molecule has 23 heavy (non-hydrogen) atoms. The second-order valence-corrected chi connectivity index (χ2v) is 5.98. The number of nitrogens with one attached hydrogen (secondary N) is 1. The normalized spacial score (nSPS) is 11.3. The molecule has 3 heteroatoms. The van der Waals surface area contributed by atoms with Gasteiger partial charge in [-0.15, -0.1) is 0 Å². The lowest BCUT2D eigenvalue weighted by Crippen LogP contribution is -2.15. The van der Waals surface area contributed by atoms with Crippen LogP contribution in [0.5, 0.6) is 0 Å². The second-order valence-electron chi connectivity index (χ2n) is 5.98. The minimum Gasteiger partial charge on any atom is -0.361 e. The standard InChI is InChI=1S/C20H22N2O/c1-3-15(4-2)20(23)11-14-10-16(13-21-12-14)17-6-5-7-19-18(17)8-9-22-19/h5-10,12-13,15,22H,3-4,11H2,1-2H3. The number of carbonyl (C=O) groups is 1. The molecule has 3 rings (SSSR count). The Morgan fingerprint density at radius 3 is 2.78 bits per heavy atom. The van der Waals surface area contributed by atoms with Crippen molar-refractivity contribution in [3.8, 4) is 11.1 Å². The van der Waals surface area contributed by atoms with E-state index >= 15 is 0 Å². The number of nitrogens with zero attached hydrogens (tertiary/aromatic N) is 1. The lowest BCUT2D eigenvalue weighted by atomic mass is 9.93. The maximum absolute atomic E-state index is 12.4. The van der Waals surface area contributed by atoms with Crippen molar-refractivity contribution in [2.45, 2.75) is 33.1 Å². The zero-order valence-electron chi connectivity index (χ0n) is 13.7. The number of fused-ring (bicyclic) bond motifs is 1. The van der Waals surface area contributed by atoms with Crippen LogP contribution >= 0.6 is 0 Å². The lowest BCUT2D eigenvalue weighted by molar-refractivity contribution is -0.122. The lowest BCUT2D eigenvalue weighted by Gasteiger charge is -2.11. The van der Waals surface area contributed by atoms with Gasteiger partial charge in [0.2, 0.25) is 0 Å². The maximum atomic E-state index is 12.4. The molecule has 0 unspecified atom stereocenters. The summed E-state index contributed by atoms with van der Waals surface area (Å²) in [5, 5.41) is 1.18. The smallest absolute Gasteiger partial charge is 0.140 e. The Balaban J connectivity index is 1.91. The van der Waals surface area contributed by atoms with Crippen molar-refractivity contribution in [2.24, 2.45) is 5.92 Å². The first-order chi connectivity index (χ1) is 11.2. The highest BCUT2D eigenvalue weighted by Crippen LogP contribution is 2.28. The highest BCUT2D eigenvalue weighted by molar-refractivity contribution is 5.95. The fourth-order valence-electron chi connectivity index (χ4n) is 3.16. The van der Waals surface area contributed by atoms with E-state index in [1.165, 1.54) is 5.39 Å². The zero-order valence-corrected chi connectivity index (χ0v) is 13.7.